The number of benzene rings is 2. The molecule has 2 aromatic carbocycles. The quantitative estimate of drug-likeness (QED) is 0.662. The highest BCUT2D eigenvalue weighted by molar-refractivity contribution is 7.89. The van der Waals surface area contributed by atoms with Gasteiger partial charge in [0.25, 0.3) is 11.8 Å². The van der Waals surface area contributed by atoms with Gasteiger partial charge in [0.15, 0.2) is 0 Å². The minimum Gasteiger partial charge on any atom is -0.349 e. The van der Waals surface area contributed by atoms with E-state index in [1.165, 1.54) is 16.4 Å². The monoisotopic (exact) mass is 477 g/mol. The number of likely N-dealkylation sites (tertiary alicyclic amines) is 1. The van der Waals surface area contributed by atoms with E-state index < -0.39 is 10.0 Å². The van der Waals surface area contributed by atoms with Crippen molar-refractivity contribution in [1.29, 1.82) is 0 Å². The highest BCUT2D eigenvalue weighted by Crippen LogP contribution is 2.27. The van der Waals surface area contributed by atoms with Crippen LogP contribution in [0.3, 0.4) is 0 Å². The van der Waals surface area contributed by atoms with Crippen molar-refractivity contribution < 1.29 is 18.0 Å². The number of sulfonamides is 1. The van der Waals surface area contributed by atoms with Gasteiger partial charge in [-0.3, -0.25) is 9.59 Å². The Labute approximate surface area is 194 Å². The lowest BCUT2D eigenvalue weighted by atomic mass is 10.0. The molecule has 7 nitrogen and oxygen atoms in total. The predicted molar refractivity (Wildman–Crippen MR) is 124 cm³/mol. The molecular weight excluding hydrogens is 450 g/mol. The van der Waals surface area contributed by atoms with E-state index >= 15 is 0 Å². The number of rotatable bonds is 7. The smallest absolute Gasteiger partial charge is 0.253 e. The van der Waals surface area contributed by atoms with Crippen LogP contribution in [0, 0.1) is 0 Å². The van der Waals surface area contributed by atoms with E-state index in [1.54, 1.807) is 36.9 Å². The lowest BCUT2D eigenvalue weighted by Gasteiger charge is -2.32. The molecule has 32 heavy (non-hydrogen) atoms. The lowest BCUT2D eigenvalue weighted by molar-refractivity contribution is 0.0698. The number of carbonyl (C=O) groups excluding carboxylic acids is 2. The third-order valence-corrected chi connectivity index (χ3v) is 8.19. The minimum absolute atomic E-state index is 0.0180. The summed E-state index contributed by atoms with van der Waals surface area (Å²) in [5.74, 6) is -0.371. The zero-order valence-electron chi connectivity index (χ0n) is 18.3. The largest absolute Gasteiger partial charge is 0.349 e. The first-order valence-corrected chi connectivity index (χ1v) is 12.5. The third-order valence-electron chi connectivity index (χ3n) is 5.65. The number of carbonyl (C=O) groups is 2. The van der Waals surface area contributed by atoms with Gasteiger partial charge >= 0.3 is 0 Å². The van der Waals surface area contributed by atoms with Gasteiger partial charge in [-0.1, -0.05) is 43.6 Å². The van der Waals surface area contributed by atoms with Crippen molar-refractivity contribution in [3.05, 3.63) is 64.7 Å². The van der Waals surface area contributed by atoms with Crippen LogP contribution in [0.4, 0.5) is 0 Å². The standard InChI is InChI=1S/C23H28ClN3O4S/c1-3-27(4-2)32(30,31)21-16-18(10-11-20(21)24)23(29)26-14-12-19(13-15-26)25-22(28)17-8-6-5-7-9-17/h5-11,16,19H,3-4,12-15H2,1-2H3,(H,25,28). The van der Waals surface area contributed by atoms with Crippen molar-refractivity contribution in [3.63, 3.8) is 0 Å². The fourth-order valence-corrected chi connectivity index (χ4v) is 5.76. The molecule has 1 saturated heterocycles. The Balaban J connectivity index is 1.67. The molecule has 0 atom stereocenters. The Morgan fingerprint density at radius 3 is 2.25 bits per heavy atom. The molecule has 1 aliphatic heterocycles. The van der Waals surface area contributed by atoms with Gasteiger partial charge in [-0.25, -0.2) is 8.42 Å². The molecule has 1 fully saturated rings. The summed E-state index contributed by atoms with van der Waals surface area (Å²) in [4.78, 5) is 27.0. The van der Waals surface area contributed by atoms with Crippen LogP contribution >= 0.6 is 11.6 Å². The van der Waals surface area contributed by atoms with E-state index in [9.17, 15) is 18.0 Å². The summed E-state index contributed by atoms with van der Waals surface area (Å²) in [6.45, 7) is 5.08. The summed E-state index contributed by atoms with van der Waals surface area (Å²) >= 11 is 6.18. The summed E-state index contributed by atoms with van der Waals surface area (Å²) in [5, 5.41) is 3.11. The van der Waals surface area contributed by atoms with Crippen molar-refractivity contribution in [2.75, 3.05) is 26.2 Å². The first kappa shape index (κ1) is 24.2. The topological polar surface area (TPSA) is 86.8 Å². The second-order valence-corrected chi connectivity index (χ2v) is 9.95. The number of nitrogens with zero attached hydrogens (tertiary/aromatic N) is 2. The molecule has 0 aliphatic carbocycles. The molecule has 172 valence electrons. The van der Waals surface area contributed by atoms with Gasteiger partial charge in [0.1, 0.15) is 4.90 Å². The zero-order valence-corrected chi connectivity index (χ0v) is 19.8. The minimum atomic E-state index is -3.78. The summed E-state index contributed by atoms with van der Waals surface area (Å²) in [6, 6.07) is 13.4. The van der Waals surface area contributed by atoms with Crippen LogP contribution in [0.2, 0.25) is 5.02 Å². The van der Waals surface area contributed by atoms with Gasteiger partial charge in [-0.2, -0.15) is 4.31 Å². The normalized spacial score (nSPS) is 15.1. The second kappa shape index (κ2) is 10.5. The van der Waals surface area contributed by atoms with Crippen LogP contribution in [0.1, 0.15) is 47.4 Å². The van der Waals surface area contributed by atoms with E-state index in [0.717, 1.165) is 0 Å². The summed E-state index contributed by atoms with van der Waals surface area (Å²) < 4.78 is 27.1. The lowest BCUT2D eigenvalue weighted by Crippen LogP contribution is -2.46. The van der Waals surface area contributed by atoms with Gasteiger partial charge in [-0.05, 0) is 43.2 Å². The van der Waals surface area contributed by atoms with Crippen LogP contribution in [-0.2, 0) is 10.0 Å². The van der Waals surface area contributed by atoms with Gasteiger partial charge in [-0.15, -0.1) is 0 Å². The number of halogens is 1. The second-order valence-electron chi connectivity index (χ2n) is 7.64. The van der Waals surface area contributed by atoms with Crippen LogP contribution in [0.15, 0.2) is 53.4 Å². The predicted octanol–water partition coefficient (Wildman–Crippen LogP) is 3.41. The molecule has 1 heterocycles. The SMILES string of the molecule is CCN(CC)S(=O)(=O)c1cc(C(=O)N2CCC(NC(=O)c3ccccc3)CC2)ccc1Cl. The average molecular weight is 478 g/mol. The number of piperidine rings is 1. The Kier molecular flexibility index (Phi) is 7.92. The van der Waals surface area contributed by atoms with Gasteiger partial charge in [0.05, 0.1) is 5.02 Å². The summed E-state index contributed by atoms with van der Waals surface area (Å²) in [5.41, 5.74) is 0.890. The molecular formula is C23H28ClN3O4S. The highest BCUT2D eigenvalue weighted by Gasteiger charge is 2.28. The van der Waals surface area contributed by atoms with Crippen molar-refractivity contribution in [2.24, 2.45) is 0 Å². The molecule has 2 aromatic rings. The zero-order chi connectivity index (χ0) is 23.3. The fourth-order valence-electron chi connectivity index (χ4n) is 3.80. The number of hydrogen-bond acceptors (Lipinski definition) is 4. The van der Waals surface area contributed by atoms with Gasteiger partial charge in [0.2, 0.25) is 10.0 Å². The molecule has 9 heteroatoms. The van der Waals surface area contributed by atoms with Gasteiger partial charge in [0, 0.05) is 43.3 Å². The number of hydrogen-bond donors (Lipinski definition) is 1. The van der Waals surface area contributed by atoms with Crippen LogP contribution in [0.5, 0.6) is 0 Å². The molecule has 0 unspecified atom stereocenters. The maximum atomic E-state index is 13.0. The number of amides is 2. The summed E-state index contributed by atoms with van der Waals surface area (Å²) in [7, 11) is -3.78. The maximum absolute atomic E-state index is 13.0. The fraction of sp³-hybridized carbons (Fsp3) is 0.391. The first-order chi connectivity index (χ1) is 15.3. The van der Waals surface area contributed by atoms with E-state index in [-0.39, 0.29) is 33.3 Å². The Hall–Kier alpha value is -2.42. The van der Waals surface area contributed by atoms with Crippen molar-refractivity contribution in [3.8, 4) is 0 Å². The summed E-state index contributed by atoms with van der Waals surface area (Å²) in [6.07, 6.45) is 1.25. The molecule has 1 N–H and O–H groups in total. The first-order valence-electron chi connectivity index (χ1n) is 10.7. The van der Waals surface area contributed by atoms with Crippen molar-refractivity contribution >= 4 is 33.4 Å². The molecule has 0 saturated carbocycles. The maximum Gasteiger partial charge on any atom is 0.253 e. The van der Waals surface area contributed by atoms with E-state index in [4.69, 9.17) is 11.6 Å². The average Bonchev–Trinajstić information content (AvgIpc) is 2.80. The molecule has 2 amide bonds. The molecule has 3 rings (SSSR count). The van der Waals surface area contributed by atoms with Crippen LogP contribution in [0.25, 0.3) is 0 Å². The molecule has 1 aliphatic rings. The Morgan fingerprint density at radius 2 is 1.66 bits per heavy atom. The van der Waals surface area contributed by atoms with Crippen LogP contribution < -0.4 is 5.32 Å². The van der Waals surface area contributed by atoms with Crippen molar-refractivity contribution in [2.45, 2.75) is 37.6 Å². The van der Waals surface area contributed by atoms with E-state index in [2.05, 4.69) is 5.32 Å². The highest BCUT2D eigenvalue weighted by atomic mass is 35.5. The number of nitrogens with one attached hydrogen (secondary N) is 1. The molecule has 0 bridgehead atoms. The molecule has 0 aromatic heterocycles. The van der Waals surface area contributed by atoms with Gasteiger partial charge < -0.3 is 10.2 Å². The van der Waals surface area contributed by atoms with E-state index in [1.807, 2.05) is 18.2 Å². The van der Waals surface area contributed by atoms with Crippen molar-refractivity contribution in [1.82, 2.24) is 14.5 Å². The molecule has 0 spiro atoms. The third kappa shape index (κ3) is 5.31. The molecule has 0 radical (unpaired) electrons. The Morgan fingerprint density at radius 1 is 1.03 bits per heavy atom. The van der Waals surface area contributed by atoms with Crippen LogP contribution in [-0.4, -0.2) is 61.7 Å². The van der Waals surface area contributed by atoms with E-state index in [0.29, 0.717) is 44.6 Å². The Bertz CT molecular complexity index is 1060.